The van der Waals surface area contributed by atoms with Crippen LogP contribution in [0, 0.1) is 5.92 Å². The maximum atomic E-state index is 12.0. The fourth-order valence-corrected chi connectivity index (χ4v) is 2.34. The molecule has 2 rings (SSSR count). The molecule has 0 spiro atoms. The van der Waals surface area contributed by atoms with Crippen LogP contribution in [-0.2, 0) is 9.47 Å². The maximum Gasteiger partial charge on any atom is 0.342 e. The molecule has 0 aliphatic carbocycles. The summed E-state index contributed by atoms with van der Waals surface area (Å²) >= 11 is 6.05. The van der Waals surface area contributed by atoms with E-state index in [-0.39, 0.29) is 22.4 Å². The minimum absolute atomic E-state index is 0.158. The number of rotatable bonds is 5. The summed E-state index contributed by atoms with van der Waals surface area (Å²) in [4.78, 5) is 12.0. The molecule has 0 amide bonds. The van der Waals surface area contributed by atoms with Crippen molar-refractivity contribution in [3.05, 3.63) is 22.7 Å². The molecule has 6 heteroatoms. The van der Waals surface area contributed by atoms with E-state index >= 15 is 0 Å². The number of carbonyl (C=O) groups excluding carboxylic acids is 1. The zero-order valence-electron chi connectivity index (χ0n) is 12.2. The summed E-state index contributed by atoms with van der Waals surface area (Å²) < 4.78 is 16.1. The highest BCUT2D eigenvalue weighted by atomic mass is 35.5. The fourth-order valence-electron chi connectivity index (χ4n) is 2.10. The Bertz CT molecular complexity index is 513. The van der Waals surface area contributed by atoms with Crippen molar-refractivity contribution in [2.45, 2.75) is 26.4 Å². The van der Waals surface area contributed by atoms with E-state index in [0.29, 0.717) is 24.9 Å². The van der Waals surface area contributed by atoms with Crippen molar-refractivity contribution in [1.82, 2.24) is 0 Å². The van der Waals surface area contributed by atoms with Gasteiger partial charge in [0.25, 0.3) is 0 Å². The van der Waals surface area contributed by atoms with Gasteiger partial charge in [-0.2, -0.15) is 0 Å². The predicted octanol–water partition coefficient (Wildman–Crippen LogP) is 2.90. The van der Waals surface area contributed by atoms with Crippen LogP contribution in [-0.4, -0.2) is 31.9 Å². The average molecular weight is 314 g/mol. The molecule has 1 unspecified atom stereocenters. The first kappa shape index (κ1) is 15.9. The lowest BCUT2D eigenvalue weighted by Crippen LogP contribution is -2.16. The third-order valence-electron chi connectivity index (χ3n) is 3.20. The van der Waals surface area contributed by atoms with Gasteiger partial charge in [-0.05, 0) is 32.4 Å². The van der Waals surface area contributed by atoms with E-state index in [9.17, 15) is 4.79 Å². The van der Waals surface area contributed by atoms with E-state index < -0.39 is 5.97 Å². The number of hydrogen-bond donors (Lipinski definition) is 1. The van der Waals surface area contributed by atoms with Gasteiger partial charge in [0.15, 0.2) is 0 Å². The molecule has 1 aromatic rings. The molecule has 0 bridgehead atoms. The molecule has 2 N–H and O–H groups in total. The Kier molecular flexibility index (Phi) is 5.31. The van der Waals surface area contributed by atoms with Crippen LogP contribution < -0.4 is 10.5 Å². The summed E-state index contributed by atoms with van der Waals surface area (Å²) in [6.45, 7) is 5.49. The van der Waals surface area contributed by atoms with Gasteiger partial charge in [0.05, 0.1) is 30.0 Å². The van der Waals surface area contributed by atoms with E-state index in [1.807, 2.05) is 0 Å². The summed E-state index contributed by atoms with van der Waals surface area (Å²) in [6, 6.07) is 3.26. The van der Waals surface area contributed by atoms with Crippen LogP contribution in [0.1, 0.15) is 30.6 Å². The molecule has 0 aromatic heterocycles. The summed E-state index contributed by atoms with van der Waals surface area (Å²) in [5, 5.41) is 0.259. The first-order valence-corrected chi connectivity index (χ1v) is 7.36. The molecule has 1 fully saturated rings. The van der Waals surface area contributed by atoms with Gasteiger partial charge in [-0.1, -0.05) is 11.6 Å². The highest BCUT2D eigenvalue weighted by molar-refractivity contribution is 6.34. The topological polar surface area (TPSA) is 70.8 Å². The fraction of sp³-hybridized carbons (Fsp3) is 0.533. The van der Waals surface area contributed by atoms with E-state index in [4.69, 9.17) is 31.5 Å². The number of anilines is 1. The Labute approximate surface area is 129 Å². The van der Waals surface area contributed by atoms with Crippen LogP contribution in [0.25, 0.3) is 0 Å². The SMILES string of the molecule is CC(C)OC(=O)c1c(Cl)ccc(OCC2CCOC2)c1N. The lowest BCUT2D eigenvalue weighted by molar-refractivity contribution is 0.0379. The molecule has 116 valence electrons. The standard InChI is InChI=1S/C15H20ClNO4/c1-9(2)21-15(18)13-11(16)3-4-12(14(13)17)20-8-10-5-6-19-7-10/h3-4,9-10H,5-8,17H2,1-2H3. The van der Waals surface area contributed by atoms with Crippen molar-refractivity contribution >= 4 is 23.3 Å². The van der Waals surface area contributed by atoms with Gasteiger partial charge in [-0.15, -0.1) is 0 Å². The Morgan fingerprint density at radius 3 is 2.90 bits per heavy atom. The number of hydrogen-bond acceptors (Lipinski definition) is 5. The van der Waals surface area contributed by atoms with Crippen LogP contribution in [0.2, 0.25) is 5.02 Å². The number of nitrogen functional groups attached to an aromatic ring is 1. The van der Waals surface area contributed by atoms with Gasteiger partial charge in [-0.3, -0.25) is 0 Å². The largest absolute Gasteiger partial charge is 0.491 e. The molecule has 1 aliphatic rings. The number of halogens is 1. The van der Waals surface area contributed by atoms with E-state index in [2.05, 4.69) is 0 Å². The smallest absolute Gasteiger partial charge is 0.342 e. The van der Waals surface area contributed by atoms with Gasteiger partial charge in [0.1, 0.15) is 11.3 Å². The Morgan fingerprint density at radius 2 is 2.29 bits per heavy atom. The van der Waals surface area contributed by atoms with Gasteiger partial charge in [-0.25, -0.2) is 4.79 Å². The third-order valence-corrected chi connectivity index (χ3v) is 3.52. The molecule has 1 aliphatic heterocycles. The Morgan fingerprint density at radius 1 is 1.52 bits per heavy atom. The van der Waals surface area contributed by atoms with Gasteiger partial charge in [0.2, 0.25) is 0 Å². The molecule has 0 radical (unpaired) electrons. The second-order valence-electron chi connectivity index (χ2n) is 5.33. The first-order valence-electron chi connectivity index (χ1n) is 6.98. The molecule has 1 heterocycles. The van der Waals surface area contributed by atoms with Crippen molar-refractivity contribution < 1.29 is 19.0 Å². The summed E-state index contributed by atoms with van der Waals surface area (Å²) in [5.74, 6) is 0.260. The molecule has 5 nitrogen and oxygen atoms in total. The van der Waals surface area contributed by atoms with Gasteiger partial charge in [0, 0.05) is 12.5 Å². The first-order chi connectivity index (χ1) is 9.99. The minimum Gasteiger partial charge on any atom is -0.491 e. The quantitative estimate of drug-likeness (QED) is 0.668. The van der Waals surface area contributed by atoms with E-state index in [1.165, 1.54) is 0 Å². The van der Waals surface area contributed by atoms with Crippen LogP contribution in [0.5, 0.6) is 5.75 Å². The summed E-state index contributed by atoms with van der Waals surface area (Å²) in [5.41, 5.74) is 6.38. The monoisotopic (exact) mass is 313 g/mol. The zero-order valence-corrected chi connectivity index (χ0v) is 13.0. The molecule has 1 atom stereocenters. The number of nitrogens with two attached hydrogens (primary N) is 1. The molecular formula is C15H20ClNO4. The van der Waals surface area contributed by atoms with Gasteiger partial charge < -0.3 is 19.9 Å². The van der Waals surface area contributed by atoms with Crippen molar-refractivity contribution in [3.8, 4) is 5.75 Å². The van der Waals surface area contributed by atoms with Crippen molar-refractivity contribution in [2.75, 3.05) is 25.6 Å². The molecule has 21 heavy (non-hydrogen) atoms. The van der Waals surface area contributed by atoms with Crippen molar-refractivity contribution in [1.29, 1.82) is 0 Å². The number of carbonyl (C=O) groups is 1. The second-order valence-corrected chi connectivity index (χ2v) is 5.74. The summed E-state index contributed by atoms with van der Waals surface area (Å²) in [7, 11) is 0. The minimum atomic E-state index is -0.540. The van der Waals surface area contributed by atoms with E-state index in [1.54, 1.807) is 26.0 Å². The zero-order chi connectivity index (χ0) is 15.4. The number of esters is 1. The molecule has 1 aromatic carbocycles. The normalized spacial score (nSPS) is 18.0. The maximum absolute atomic E-state index is 12.0. The van der Waals surface area contributed by atoms with Crippen molar-refractivity contribution in [3.63, 3.8) is 0 Å². The number of ether oxygens (including phenoxy) is 3. The van der Waals surface area contributed by atoms with Gasteiger partial charge >= 0.3 is 5.97 Å². The number of benzene rings is 1. The second kappa shape index (κ2) is 7.00. The van der Waals surface area contributed by atoms with Crippen molar-refractivity contribution in [2.24, 2.45) is 5.92 Å². The Hall–Kier alpha value is -1.46. The van der Waals surface area contributed by atoms with Crippen LogP contribution in [0.15, 0.2) is 12.1 Å². The highest BCUT2D eigenvalue weighted by Crippen LogP contribution is 2.32. The van der Waals surface area contributed by atoms with Crippen LogP contribution >= 0.6 is 11.6 Å². The van der Waals surface area contributed by atoms with E-state index in [0.717, 1.165) is 13.0 Å². The lowest BCUT2D eigenvalue weighted by atomic mass is 10.1. The Balaban J connectivity index is 2.13. The molecule has 0 saturated carbocycles. The van der Waals surface area contributed by atoms with Crippen LogP contribution in [0.4, 0.5) is 5.69 Å². The average Bonchev–Trinajstić information content (AvgIpc) is 2.90. The predicted molar refractivity (Wildman–Crippen MR) is 80.8 cm³/mol. The summed E-state index contributed by atoms with van der Waals surface area (Å²) in [6.07, 6.45) is 0.726. The molecule has 1 saturated heterocycles. The lowest BCUT2D eigenvalue weighted by Gasteiger charge is -2.16. The molecular weight excluding hydrogens is 294 g/mol. The van der Waals surface area contributed by atoms with Crippen LogP contribution in [0.3, 0.4) is 0 Å². The third kappa shape index (κ3) is 4.02. The highest BCUT2D eigenvalue weighted by Gasteiger charge is 2.22.